The zero-order valence-corrected chi connectivity index (χ0v) is 14.4. The molecular weight excluding hydrogens is 356 g/mol. The summed E-state index contributed by atoms with van der Waals surface area (Å²) in [7, 11) is 1.43. The maximum Gasteiger partial charge on any atom is 0.346 e. The van der Waals surface area contributed by atoms with Crippen molar-refractivity contribution in [3.63, 3.8) is 0 Å². The van der Waals surface area contributed by atoms with Gasteiger partial charge in [-0.15, -0.1) is 11.3 Å². The Kier molecular flexibility index (Phi) is 5.09. The highest BCUT2D eigenvalue weighted by Crippen LogP contribution is 2.25. The summed E-state index contributed by atoms with van der Waals surface area (Å²) in [4.78, 5) is 30.9. The number of nitrogens with one attached hydrogen (secondary N) is 2. The number of H-pyrrole nitrogens is 1. The van der Waals surface area contributed by atoms with Gasteiger partial charge in [0.15, 0.2) is 11.5 Å². The lowest BCUT2D eigenvalue weighted by Gasteiger charge is -2.04. The van der Waals surface area contributed by atoms with Crippen LogP contribution in [0.4, 0.5) is 0 Å². The molecule has 0 fully saturated rings. The predicted molar refractivity (Wildman–Crippen MR) is 97.9 cm³/mol. The van der Waals surface area contributed by atoms with Crippen molar-refractivity contribution in [1.82, 2.24) is 15.4 Å². The number of methoxy groups -OCH3 is 1. The molecule has 0 saturated carbocycles. The van der Waals surface area contributed by atoms with E-state index in [2.05, 4.69) is 20.5 Å². The minimum atomic E-state index is -0.617. The van der Waals surface area contributed by atoms with Gasteiger partial charge in [0.05, 0.1) is 23.9 Å². The number of carbonyl (C=O) groups excluding carboxylic acids is 1. The molecule has 0 aliphatic rings. The fraction of sp³-hybridized carbons (Fsp3) is 0.0588. The highest BCUT2D eigenvalue weighted by molar-refractivity contribution is 7.13. The van der Waals surface area contributed by atoms with Gasteiger partial charge in [0, 0.05) is 0 Å². The lowest BCUT2D eigenvalue weighted by Crippen LogP contribution is -2.24. The number of carbonyl (C=O) groups is 1. The Hall–Kier alpha value is -3.46. The number of phenolic OH excluding ortho intramolecular Hbond substituents is 1. The fourth-order valence-corrected chi connectivity index (χ4v) is 2.83. The second-order valence-corrected chi connectivity index (χ2v) is 6.04. The van der Waals surface area contributed by atoms with Crippen LogP contribution >= 0.6 is 11.3 Å². The maximum absolute atomic E-state index is 12.2. The van der Waals surface area contributed by atoms with Crippen LogP contribution in [0.5, 0.6) is 11.5 Å². The van der Waals surface area contributed by atoms with Crippen LogP contribution in [0.3, 0.4) is 0 Å². The minimum Gasteiger partial charge on any atom is -0.504 e. The van der Waals surface area contributed by atoms with Gasteiger partial charge in [-0.1, -0.05) is 6.07 Å². The van der Waals surface area contributed by atoms with Gasteiger partial charge in [-0.2, -0.15) is 10.1 Å². The summed E-state index contributed by atoms with van der Waals surface area (Å²) in [6, 6.07) is 9.78. The molecule has 8 nitrogen and oxygen atoms in total. The number of amides is 1. The van der Waals surface area contributed by atoms with E-state index in [9.17, 15) is 14.7 Å². The van der Waals surface area contributed by atoms with Crippen molar-refractivity contribution in [2.75, 3.05) is 7.11 Å². The molecule has 0 atom stereocenters. The van der Waals surface area contributed by atoms with Gasteiger partial charge in [-0.3, -0.25) is 4.79 Å². The molecule has 2 heterocycles. The summed E-state index contributed by atoms with van der Waals surface area (Å²) < 4.78 is 5.00. The van der Waals surface area contributed by atoms with Gasteiger partial charge in [0.2, 0.25) is 0 Å². The summed E-state index contributed by atoms with van der Waals surface area (Å²) in [5, 5.41) is 15.2. The molecule has 0 bridgehead atoms. The fourth-order valence-electron chi connectivity index (χ4n) is 2.14. The average Bonchev–Trinajstić information content (AvgIpc) is 3.17. The molecule has 0 radical (unpaired) electrons. The van der Waals surface area contributed by atoms with Gasteiger partial charge in [-0.25, -0.2) is 10.2 Å². The first-order chi connectivity index (χ1) is 12.6. The zero-order chi connectivity index (χ0) is 18.5. The first-order valence-corrected chi connectivity index (χ1v) is 8.30. The van der Waals surface area contributed by atoms with Crippen LogP contribution in [0.15, 0.2) is 51.7 Å². The van der Waals surface area contributed by atoms with Gasteiger partial charge < -0.3 is 14.8 Å². The van der Waals surface area contributed by atoms with E-state index < -0.39 is 11.6 Å². The lowest BCUT2D eigenvalue weighted by molar-refractivity contribution is 0.0949. The Balaban J connectivity index is 1.75. The van der Waals surface area contributed by atoms with E-state index in [0.717, 1.165) is 4.88 Å². The van der Waals surface area contributed by atoms with Gasteiger partial charge in [0.1, 0.15) is 5.69 Å². The molecule has 3 N–H and O–H groups in total. The molecular formula is C17H14N4O4S. The summed E-state index contributed by atoms with van der Waals surface area (Å²) in [5.74, 6) is -0.324. The molecule has 9 heteroatoms. The Bertz CT molecular complexity index is 1010. The van der Waals surface area contributed by atoms with E-state index in [1.165, 1.54) is 36.8 Å². The highest BCUT2D eigenvalue weighted by Gasteiger charge is 2.11. The van der Waals surface area contributed by atoms with E-state index in [1.54, 1.807) is 12.1 Å². The number of hydrogen-bond acceptors (Lipinski definition) is 7. The number of aromatic amines is 1. The Labute approximate surface area is 151 Å². The Morgan fingerprint density at radius 1 is 1.38 bits per heavy atom. The van der Waals surface area contributed by atoms with Gasteiger partial charge in [0.25, 0.3) is 5.91 Å². The molecule has 3 rings (SSSR count). The van der Waals surface area contributed by atoms with Crippen molar-refractivity contribution in [1.29, 1.82) is 0 Å². The van der Waals surface area contributed by atoms with Crippen molar-refractivity contribution in [3.05, 3.63) is 63.5 Å². The average molecular weight is 370 g/mol. The SMILES string of the molecule is COc1cc(/C=N/NC(=O)c2cc(-c3cccs3)[nH]c(=O)n2)ccc1O. The third kappa shape index (κ3) is 3.95. The van der Waals surface area contributed by atoms with Crippen LogP contribution in [0.1, 0.15) is 16.1 Å². The van der Waals surface area contributed by atoms with E-state index in [4.69, 9.17) is 4.74 Å². The zero-order valence-electron chi connectivity index (χ0n) is 13.6. The van der Waals surface area contributed by atoms with E-state index in [0.29, 0.717) is 11.3 Å². The van der Waals surface area contributed by atoms with Crippen LogP contribution in [-0.2, 0) is 0 Å². The van der Waals surface area contributed by atoms with Crippen LogP contribution in [-0.4, -0.2) is 34.3 Å². The second-order valence-electron chi connectivity index (χ2n) is 5.09. The number of phenols is 1. The number of nitrogens with zero attached hydrogens (tertiary/aromatic N) is 2. The molecule has 2 aromatic heterocycles. The molecule has 26 heavy (non-hydrogen) atoms. The number of ether oxygens (including phenoxy) is 1. The quantitative estimate of drug-likeness (QED) is 0.469. The summed E-state index contributed by atoms with van der Waals surface area (Å²) in [6.07, 6.45) is 1.38. The number of rotatable bonds is 5. The highest BCUT2D eigenvalue weighted by atomic mass is 32.1. The van der Waals surface area contributed by atoms with Crippen LogP contribution in [0, 0.1) is 0 Å². The number of hydrogen-bond donors (Lipinski definition) is 3. The summed E-state index contributed by atoms with van der Waals surface area (Å²) >= 11 is 1.43. The molecule has 0 unspecified atom stereocenters. The second kappa shape index (κ2) is 7.62. The van der Waals surface area contributed by atoms with Gasteiger partial charge >= 0.3 is 5.69 Å². The van der Waals surface area contributed by atoms with E-state index in [1.807, 2.05) is 17.5 Å². The van der Waals surface area contributed by atoms with Crippen LogP contribution in [0.2, 0.25) is 0 Å². The maximum atomic E-state index is 12.2. The number of benzene rings is 1. The summed E-state index contributed by atoms with van der Waals surface area (Å²) in [5.41, 5.74) is 2.77. The largest absolute Gasteiger partial charge is 0.504 e. The first-order valence-electron chi connectivity index (χ1n) is 7.42. The van der Waals surface area contributed by atoms with Gasteiger partial charge in [-0.05, 0) is 41.3 Å². The Morgan fingerprint density at radius 3 is 2.96 bits per heavy atom. The predicted octanol–water partition coefficient (Wildman–Crippen LogP) is 1.98. The number of aromatic nitrogens is 2. The van der Waals surface area contributed by atoms with Crippen LogP contribution in [0.25, 0.3) is 10.6 Å². The minimum absolute atomic E-state index is 0.00232. The first kappa shape index (κ1) is 17.4. The van der Waals surface area contributed by atoms with Crippen molar-refractivity contribution < 1.29 is 14.6 Å². The molecule has 3 aromatic rings. The molecule has 1 aromatic carbocycles. The number of thiophene rings is 1. The molecule has 0 spiro atoms. The monoisotopic (exact) mass is 370 g/mol. The molecule has 132 valence electrons. The van der Waals surface area contributed by atoms with Crippen molar-refractivity contribution in [2.45, 2.75) is 0 Å². The molecule has 0 saturated heterocycles. The molecule has 0 aliphatic carbocycles. The third-order valence-electron chi connectivity index (χ3n) is 3.35. The number of hydrazone groups is 1. The topological polar surface area (TPSA) is 117 Å². The lowest BCUT2D eigenvalue weighted by atomic mass is 10.2. The smallest absolute Gasteiger partial charge is 0.346 e. The summed E-state index contributed by atoms with van der Waals surface area (Å²) in [6.45, 7) is 0. The number of aromatic hydroxyl groups is 1. The van der Waals surface area contributed by atoms with Crippen molar-refractivity contribution in [2.24, 2.45) is 5.10 Å². The van der Waals surface area contributed by atoms with Crippen molar-refractivity contribution in [3.8, 4) is 22.1 Å². The molecule has 0 aliphatic heterocycles. The third-order valence-corrected chi connectivity index (χ3v) is 4.25. The van der Waals surface area contributed by atoms with E-state index in [-0.39, 0.29) is 17.2 Å². The van der Waals surface area contributed by atoms with Crippen molar-refractivity contribution >= 4 is 23.5 Å². The normalized spacial score (nSPS) is 10.8. The van der Waals surface area contributed by atoms with Crippen LogP contribution < -0.4 is 15.9 Å². The standard InChI is InChI=1S/C17H14N4O4S/c1-25-14-7-10(4-5-13(14)22)9-18-21-16(23)12-8-11(19-17(24)20-12)15-3-2-6-26-15/h2-9,22H,1H3,(H,21,23)(H,19,20,24)/b18-9+. The Morgan fingerprint density at radius 2 is 2.23 bits per heavy atom. The van der Waals surface area contributed by atoms with E-state index >= 15 is 0 Å². The molecule has 1 amide bonds.